The average Bonchev–Trinajstić information content (AvgIpc) is 2.70. The maximum atomic E-state index is 12.1. The highest BCUT2D eigenvalue weighted by Crippen LogP contribution is 2.35. The Morgan fingerprint density at radius 1 is 1.41 bits per heavy atom. The number of amides is 1. The van der Waals surface area contributed by atoms with Gasteiger partial charge in [-0.15, -0.1) is 23.1 Å². The van der Waals surface area contributed by atoms with E-state index in [4.69, 9.17) is 0 Å². The number of thioether (sulfide) groups is 1. The lowest BCUT2D eigenvalue weighted by molar-refractivity contribution is -0.120. The second-order valence-corrected chi connectivity index (χ2v) is 6.92. The molecule has 2 rings (SSSR count). The first-order valence-corrected chi connectivity index (χ1v) is 8.20. The highest BCUT2D eigenvalue weighted by molar-refractivity contribution is 8.00. The van der Waals surface area contributed by atoms with E-state index < -0.39 is 0 Å². The zero-order valence-corrected chi connectivity index (χ0v) is 12.0. The van der Waals surface area contributed by atoms with E-state index in [9.17, 15) is 4.79 Å². The summed E-state index contributed by atoms with van der Waals surface area (Å²) in [5, 5.41) is 3.10. The van der Waals surface area contributed by atoms with Gasteiger partial charge in [0.2, 0.25) is 5.91 Å². The molecule has 0 aliphatic heterocycles. The predicted molar refractivity (Wildman–Crippen MR) is 76.0 cm³/mol. The van der Waals surface area contributed by atoms with E-state index in [0.29, 0.717) is 0 Å². The highest BCUT2D eigenvalue weighted by Gasteiger charge is 2.22. The Morgan fingerprint density at radius 3 is 2.76 bits per heavy atom. The Balaban J connectivity index is 2.01. The molecule has 1 saturated carbocycles. The molecule has 1 heterocycles. The molecule has 0 spiro atoms. The molecular weight excluding hydrogens is 250 g/mol. The summed E-state index contributed by atoms with van der Waals surface area (Å²) in [5.41, 5.74) is 1.01. The third kappa shape index (κ3) is 3.26. The van der Waals surface area contributed by atoms with Gasteiger partial charge < -0.3 is 5.32 Å². The number of thiophene rings is 1. The van der Waals surface area contributed by atoms with E-state index >= 15 is 0 Å². The molecule has 0 bridgehead atoms. The fraction of sp³-hybridized carbons (Fsp3) is 0.615. The van der Waals surface area contributed by atoms with Crippen molar-refractivity contribution in [1.82, 2.24) is 0 Å². The van der Waals surface area contributed by atoms with Crippen molar-refractivity contribution in [3.8, 4) is 0 Å². The molecule has 1 aliphatic rings. The number of hydrogen-bond donors (Lipinski definition) is 1. The Morgan fingerprint density at radius 2 is 2.12 bits per heavy atom. The summed E-state index contributed by atoms with van der Waals surface area (Å²) in [6, 6.07) is 2.08. The van der Waals surface area contributed by atoms with Crippen molar-refractivity contribution in [3.63, 3.8) is 0 Å². The third-order valence-electron chi connectivity index (χ3n) is 3.24. The smallest absolute Gasteiger partial charge is 0.227 e. The molecular formula is C13H19NOS2. The zero-order chi connectivity index (χ0) is 12.3. The Bertz CT molecular complexity index is 394. The second-order valence-electron chi connectivity index (χ2n) is 4.59. The summed E-state index contributed by atoms with van der Waals surface area (Å²) in [6.45, 7) is 2.08. The summed E-state index contributed by atoms with van der Waals surface area (Å²) in [5.74, 6) is 0.455. The van der Waals surface area contributed by atoms with Gasteiger partial charge in [-0.2, -0.15) is 0 Å². The van der Waals surface area contributed by atoms with Crippen LogP contribution < -0.4 is 5.32 Å². The molecule has 94 valence electrons. The second kappa shape index (κ2) is 5.91. The van der Waals surface area contributed by atoms with Crippen molar-refractivity contribution in [2.45, 2.75) is 43.2 Å². The third-order valence-corrected chi connectivity index (χ3v) is 5.43. The molecule has 0 saturated heterocycles. The van der Waals surface area contributed by atoms with Crippen LogP contribution in [0.4, 0.5) is 5.69 Å². The van der Waals surface area contributed by atoms with Gasteiger partial charge in [0.25, 0.3) is 0 Å². The monoisotopic (exact) mass is 269 g/mol. The molecule has 0 radical (unpaired) electrons. The minimum absolute atomic E-state index is 0.220. The number of aryl methyl sites for hydroxylation is 1. The van der Waals surface area contributed by atoms with Crippen LogP contribution in [-0.2, 0) is 4.79 Å². The van der Waals surface area contributed by atoms with Crippen molar-refractivity contribution in [1.29, 1.82) is 0 Å². The minimum Gasteiger partial charge on any atom is -0.324 e. The molecule has 0 atom stereocenters. The molecule has 1 N–H and O–H groups in total. The highest BCUT2D eigenvalue weighted by atomic mass is 32.2. The summed E-state index contributed by atoms with van der Waals surface area (Å²) >= 11 is 3.46. The SMILES string of the molecule is CSc1sc(C)cc1NC(=O)C1CCCCC1. The fourth-order valence-corrected chi connectivity index (χ4v) is 4.08. The van der Waals surface area contributed by atoms with Crippen LogP contribution in [0.1, 0.15) is 37.0 Å². The zero-order valence-electron chi connectivity index (χ0n) is 10.4. The van der Waals surface area contributed by atoms with Crippen molar-refractivity contribution in [2.75, 3.05) is 11.6 Å². The summed E-state index contributed by atoms with van der Waals surface area (Å²) in [7, 11) is 0. The largest absolute Gasteiger partial charge is 0.324 e. The fourth-order valence-electron chi connectivity index (χ4n) is 2.33. The van der Waals surface area contributed by atoms with E-state index in [1.165, 1.54) is 28.3 Å². The average molecular weight is 269 g/mol. The molecule has 0 unspecified atom stereocenters. The lowest BCUT2D eigenvalue weighted by Crippen LogP contribution is -2.24. The molecule has 0 aromatic carbocycles. The van der Waals surface area contributed by atoms with Crippen LogP contribution in [0.15, 0.2) is 10.3 Å². The van der Waals surface area contributed by atoms with Crippen molar-refractivity contribution < 1.29 is 4.79 Å². The number of hydrogen-bond acceptors (Lipinski definition) is 3. The van der Waals surface area contributed by atoms with Crippen LogP contribution in [0.2, 0.25) is 0 Å². The van der Waals surface area contributed by atoms with E-state index in [0.717, 1.165) is 18.5 Å². The molecule has 4 heteroatoms. The first-order valence-electron chi connectivity index (χ1n) is 6.16. The van der Waals surface area contributed by atoms with Gasteiger partial charge >= 0.3 is 0 Å². The van der Waals surface area contributed by atoms with Gasteiger partial charge in [0.05, 0.1) is 9.90 Å². The maximum absolute atomic E-state index is 12.1. The van der Waals surface area contributed by atoms with E-state index in [1.54, 1.807) is 23.1 Å². The lowest BCUT2D eigenvalue weighted by atomic mass is 9.88. The molecule has 17 heavy (non-hydrogen) atoms. The number of carbonyl (C=O) groups is 1. The molecule has 1 fully saturated rings. The Kier molecular flexibility index (Phi) is 4.51. The summed E-state index contributed by atoms with van der Waals surface area (Å²) in [4.78, 5) is 13.4. The van der Waals surface area contributed by atoms with Gasteiger partial charge in [-0.1, -0.05) is 19.3 Å². The topological polar surface area (TPSA) is 29.1 Å². The van der Waals surface area contributed by atoms with E-state index in [2.05, 4.69) is 24.6 Å². The number of rotatable bonds is 3. The lowest BCUT2D eigenvalue weighted by Gasteiger charge is -2.20. The predicted octanol–water partition coefficient (Wildman–Crippen LogP) is 4.30. The van der Waals surface area contributed by atoms with Crippen LogP contribution in [0.3, 0.4) is 0 Å². The quantitative estimate of drug-likeness (QED) is 0.829. The van der Waals surface area contributed by atoms with Crippen LogP contribution in [0, 0.1) is 12.8 Å². The van der Waals surface area contributed by atoms with Crippen molar-refractivity contribution >= 4 is 34.7 Å². The van der Waals surface area contributed by atoms with Gasteiger partial charge in [0, 0.05) is 10.8 Å². The number of carbonyl (C=O) groups excluding carboxylic acids is 1. The van der Waals surface area contributed by atoms with Gasteiger partial charge in [-0.05, 0) is 32.1 Å². The summed E-state index contributed by atoms with van der Waals surface area (Å²) in [6.07, 6.45) is 7.87. The molecule has 2 nitrogen and oxygen atoms in total. The normalized spacial score (nSPS) is 17.1. The van der Waals surface area contributed by atoms with Crippen LogP contribution in [0.5, 0.6) is 0 Å². The maximum Gasteiger partial charge on any atom is 0.227 e. The Hall–Kier alpha value is -0.480. The molecule has 1 amide bonds. The first kappa shape index (κ1) is 13.0. The van der Waals surface area contributed by atoms with Gasteiger partial charge in [-0.3, -0.25) is 4.79 Å². The Labute approximate surface area is 111 Å². The van der Waals surface area contributed by atoms with Crippen molar-refractivity contribution in [3.05, 3.63) is 10.9 Å². The number of nitrogens with one attached hydrogen (secondary N) is 1. The first-order chi connectivity index (χ1) is 8.20. The molecule has 1 aliphatic carbocycles. The number of anilines is 1. The van der Waals surface area contributed by atoms with Crippen molar-refractivity contribution in [2.24, 2.45) is 5.92 Å². The van der Waals surface area contributed by atoms with Crippen LogP contribution in [-0.4, -0.2) is 12.2 Å². The van der Waals surface area contributed by atoms with Gasteiger partial charge in [0.15, 0.2) is 0 Å². The van der Waals surface area contributed by atoms with E-state index in [1.807, 2.05) is 0 Å². The van der Waals surface area contributed by atoms with Gasteiger partial charge in [-0.25, -0.2) is 0 Å². The van der Waals surface area contributed by atoms with Crippen LogP contribution in [0.25, 0.3) is 0 Å². The summed E-state index contributed by atoms with van der Waals surface area (Å²) < 4.78 is 1.21. The standard InChI is InChI=1S/C13H19NOS2/c1-9-8-11(13(16-2)17-9)14-12(15)10-6-4-3-5-7-10/h8,10H,3-7H2,1-2H3,(H,14,15). The van der Waals surface area contributed by atoms with E-state index in [-0.39, 0.29) is 11.8 Å². The molecule has 1 aromatic heterocycles. The minimum atomic E-state index is 0.220. The molecule has 1 aromatic rings. The van der Waals surface area contributed by atoms with Crippen LogP contribution >= 0.6 is 23.1 Å². The van der Waals surface area contributed by atoms with Gasteiger partial charge in [0.1, 0.15) is 0 Å².